The summed E-state index contributed by atoms with van der Waals surface area (Å²) in [4.78, 5) is 11.5. The van der Waals surface area contributed by atoms with Gasteiger partial charge < -0.3 is 20.3 Å². The van der Waals surface area contributed by atoms with Crippen LogP contribution in [-0.2, 0) is 6.42 Å². The van der Waals surface area contributed by atoms with E-state index >= 15 is 0 Å². The van der Waals surface area contributed by atoms with Crippen molar-refractivity contribution in [3.8, 4) is 5.75 Å². The maximum atomic E-state index is 12.7. The van der Waals surface area contributed by atoms with Crippen LogP contribution in [0.2, 0.25) is 0 Å². The third kappa shape index (κ3) is 9.84. The van der Waals surface area contributed by atoms with Gasteiger partial charge >= 0.3 is 6.36 Å². The molecule has 0 bridgehead atoms. The fourth-order valence-electron chi connectivity index (χ4n) is 4.82. The molecule has 0 atom stereocenters. The fraction of sp³-hybridized carbons (Fsp3) is 0.481. The van der Waals surface area contributed by atoms with E-state index in [1.54, 1.807) is 12.1 Å². The Morgan fingerprint density at radius 3 is 2.44 bits per heavy atom. The van der Waals surface area contributed by atoms with Gasteiger partial charge in [0.1, 0.15) is 11.6 Å². The van der Waals surface area contributed by atoms with E-state index in [1.165, 1.54) is 6.07 Å². The molecule has 1 heterocycles. The number of anilines is 2. The number of benzene rings is 2. The van der Waals surface area contributed by atoms with E-state index in [0.29, 0.717) is 34.4 Å². The molecule has 0 amide bonds. The average molecular weight is 653 g/mol. The molecule has 2 aromatic carbocycles. The van der Waals surface area contributed by atoms with E-state index in [0.717, 1.165) is 61.9 Å². The summed E-state index contributed by atoms with van der Waals surface area (Å²) in [6.07, 6.45) is 0.873. The van der Waals surface area contributed by atoms with Gasteiger partial charge in [0.05, 0.1) is 5.52 Å². The maximum absolute atomic E-state index is 12.7. The van der Waals surface area contributed by atoms with Gasteiger partial charge in [-0.1, -0.05) is 34.1 Å². The van der Waals surface area contributed by atoms with Crippen molar-refractivity contribution < 1.29 is 17.9 Å². The largest absolute Gasteiger partial charge is 0.573 e. The molecule has 39 heavy (non-hydrogen) atoms. The summed E-state index contributed by atoms with van der Waals surface area (Å²) in [6.45, 7) is 1.66. The zero-order chi connectivity index (χ0) is 26.4. The summed E-state index contributed by atoms with van der Waals surface area (Å²) in [7, 11) is 3.98. The lowest BCUT2D eigenvalue weighted by molar-refractivity contribution is -0.274. The van der Waals surface area contributed by atoms with Gasteiger partial charge in [0.2, 0.25) is 5.95 Å². The molecule has 3 aromatic rings. The molecule has 6 nitrogen and oxygen atoms in total. The molecule has 12 heteroatoms. The number of para-hydroxylation sites is 1. The molecule has 1 aliphatic rings. The molecule has 0 aliphatic heterocycles. The number of halogens is 6. The Kier molecular flexibility index (Phi) is 12.9. The first-order valence-corrected chi connectivity index (χ1v) is 13.4. The van der Waals surface area contributed by atoms with Crippen LogP contribution < -0.4 is 20.3 Å². The molecule has 1 fully saturated rings. The number of hydrogen-bond donors (Lipinski definition) is 2. The minimum absolute atomic E-state index is 0. The van der Waals surface area contributed by atoms with Crippen LogP contribution in [0.1, 0.15) is 37.7 Å². The van der Waals surface area contributed by atoms with Crippen LogP contribution in [0.5, 0.6) is 5.75 Å². The Morgan fingerprint density at radius 1 is 1.03 bits per heavy atom. The second-order valence-electron chi connectivity index (χ2n) is 9.75. The molecular formula is C27H35BrCl2F3N5O. The SMILES string of the molecule is CN(C)c1nc(NC2CCC(CNCCCc3ccc(Br)cc3OC(F)(F)F)CC2)nc2ccccc12.Cl.Cl. The van der Waals surface area contributed by atoms with Crippen molar-refractivity contribution in [2.75, 3.05) is 37.4 Å². The lowest BCUT2D eigenvalue weighted by Crippen LogP contribution is -2.32. The van der Waals surface area contributed by atoms with E-state index in [4.69, 9.17) is 9.97 Å². The predicted octanol–water partition coefficient (Wildman–Crippen LogP) is 7.39. The highest BCUT2D eigenvalue weighted by Crippen LogP contribution is 2.31. The number of hydrogen-bond acceptors (Lipinski definition) is 6. The molecule has 1 aromatic heterocycles. The summed E-state index contributed by atoms with van der Waals surface area (Å²) in [5.74, 6) is 2.03. The van der Waals surface area contributed by atoms with E-state index < -0.39 is 6.36 Å². The molecule has 4 rings (SSSR count). The normalized spacial score (nSPS) is 17.2. The van der Waals surface area contributed by atoms with Crippen molar-refractivity contribution >= 4 is 63.4 Å². The second kappa shape index (κ2) is 15.1. The van der Waals surface area contributed by atoms with Crippen LogP contribution in [0.3, 0.4) is 0 Å². The first-order valence-electron chi connectivity index (χ1n) is 12.6. The van der Waals surface area contributed by atoms with Crippen molar-refractivity contribution in [3.05, 3.63) is 52.5 Å². The molecule has 216 valence electrons. The van der Waals surface area contributed by atoms with Crippen molar-refractivity contribution in [2.45, 2.75) is 50.9 Å². The first kappa shape index (κ1) is 33.2. The van der Waals surface area contributed by atoms with E-state index in [2.05, 4.69) is 31.3 Å². The van der Waals surface area contributed by atoms with E-state index in [1.807, 2.05) is 43.3 Å². The summed E-state index contributed by atoms with van der Waals surface area (Å²) < 4.78 is 42.8. The van der Waals surface area contributed by atoms with Gasteiger partial charge in [-0.05, 0) is 87.4 Å². The maximum Gasteiger partial charge on any atom is 0.573 e. The first-order chi connectivity index (χ1) is 17.7. The highest BCUT2D eigenvalue weighted by Gasteiger charge is 2.32. The Balaban J connectivity index is 0.00000267. The Bertz CT molecular complexity index is 1190. The Morgan fingerprint density at radius 2 is 1.74 bits per heavy atom. The van der Waals surface area contributed by atoms with Crippen molar-refractivity contribution in [1.29, 1.82) is 0 Å². The number of ether oxygens (including phenoxy) is 1. The number of nitrogens with one attached hydrogen (secondary N) is 2. The van der Waals surface area contributed by atoms with Gasteiger partial charge in [-0.3, -0.25) is 0 Å². The molecule has 1 aliphatic carbocycles. The van der Waals surface area contributed by atoms with Crippen molar-refractivity contribution in [1.82, 2.24) is 15.3 Å². The van der Waals surface area contributed by atoms with Crippen molar-refractivity contribution in [2.24, 2.45) is 5.92 Å². The Labute approximate surface area is 248 Å². The van der Waals surface area contributed by atoms with E-state index in [9.17, 15) is 13.2 Å². The third-order valence-corrected chi connectivity index (χ3v) is 7.17. The number of fused-ring (bicyclic) bond motifs is 1. The number of alkyl halides is 3. The van der Waals surface area contributed by atoms with Crippen LogP contribution in [0.4, 0.5) is 24.9 Å². The molecule has 0 radical (unpaired) electrons. The van der Waals surface area contributed by atoms with Gasteiger partial charge in [-0.25, -0.2) is 4.98 Å². The number of aryl methyl sites for hydroxylation is 1. The quantitative estimate of drug-likeness (QED) is 0.223. The van der Waals surface area contributed by atoms with Crippen LogP contribution in [0, 0.1) is 5.92 Å². The fourth-order valence-corrected chi connectivity index (χ4v) is 5.16. The summed E-state index contributed by atoms with van der Waals surface area (Å²) in [5, 5.41) is 8.07. The minimum atomic E-state index is -4.70. The van der Waals surface area contributed by atoms with Crippen LogP contribution in [0.15, 0.2) is 46.9 Å². The molecule has 1 saturated carbocycles. The van der Waals surface area contributed by atoms with E-state index in [-0.39, 0.29) is 30.6 Å². The topological polar surface area (TPSA) is 62.3 Å². The number of aromatic nitrogens is 2. The van der Waals surface area contributed by atoms with Gasteiger partial charge in [0.15, 0.2) is 0 Å². The van der Waals surface area contributed by atoms with Crippen molar-refractivity contribution in [3.63, 3.8) is 0 Å². The van der Waals surface area contributed by atoms with Gasteiger partial charge in [-0.15, -0.1) is 38.0 Å². The average Bonchev–Trinajstić information content (AvgIpc) is 2.84. The standard InChI is InChI=1S/C27H33BrF3N5O.2ClH/c1-36(2)25-22-7-3-4-8-23(22)34-26(35-25)33-21-13-9-18(10-14-21)17-32-15-5-6-19-11-12-20(28)16-24(19)37-27(29,30)31;;/h3-4,7-8,11-12,16,18,21,32H,5-6,9-10,13-15,17H2,1-2H3,(H,33,34,35);2*1H. The number of nitrogens with zero attached hydrogens (tertiary/aromatic N) is 3. The summed E-state index contributed by atoms with van der Waals surface area (Å²) in [5.41, 5.74) is 1.49. The molecule has 0 unspecified atom stereocenters. The van der Waals surface area contributed by atoms with Crippen LogP contribution in [-0.4, -0.2) is 49.6 Å². The predicted molar refractivity (Wildman–Crippen MR) is 160 cm³/mol. The van der Waals surface area contributed by atoms with Gasteiger partial charge in [0, 0.05) is 30.0 Å². The van der Waals surface area contributed by atoms with Crippen LogP contribution in [0.25, 0.3) is 10.9 Å². The van der Waals surface area contributed by atoms with Crippen LogP contribution >= 0.6 is 40.7 Å². The van der Waals surface area contributed by atoms with Gasteiger partial charge in [-0.2, -0.15) is 4.98 Å². The second-order valence-corrected chi connectivity index (χ2v) is 10.7. The minimum Gasteiger partial charge on any atom is -0.405 e. The zero-order valence-electron chi connectivity index (χ0n) is 21.9. The molecular weight excluding hydrogens is 618 g/mol. The zero-order valence-corrected chi connectivity index (χ0v) is 25.2. The summed E-state index contributed by atoms with van der Waals surface area (Å²) >= 11 is 3.21. The highest BCUT2D eigenvalue weighted by molar-refractivity contribution is 9.10. The molecule has 2 N–H and O–H groups in total. The lowest BCUT2D eigenvalue weighted by atomic mass is 9.86. The molecule has 0 spiro atoms. The number of rotatable bonds is 10. The summed E-state index contributed by atoms with van der Waals surface area (Å²) in [6, 6.07) is 13.2. The smallest absolute Gasteiger partial charge is 0.405 e. The van der Waals surface area contributed by atoms with Gasteiger partial charge in [0.25, 0.3) is 0 Å². The molecule has 0 saturated heterocycles. The monoisotopic (exact) mass is 651 g/mol. The third-order valence-electron chi connectivity index (χ3n) is 6.67. The highest BCUT2D eigenvalue weighted by atomic mass is 79.9. The lowest BCUT2D eigenvalue weighted by Gasteiger charge is -2.29. The Hall–Kier alpha value is -2.01.